The number of hydrogen-bond acceptors (Lipinski definition) is 6. The minimum absolute atomic E-state index is 0.868. The van der Waals surface area contributed by atoms with Gasteiger partial charge in [-0.2, -0.15) is 0 Å². The number of rotatable bonds is 15. The summed E-state index contributed by atoms with van der Waals surface area (Å²) >= 11 is 1.86. The molecule has 0 spiro atoms. The largest absolute Gasteiger partial charge is 0.456 e. The fraction of sp³-hybridized carbons (Fsp3) is 0. The Balaban J connectivity index is 0.000000108. The molecule has 702 valence electrons. The second-order valence-electron chi connectivity index (χ2n) is 38.6. The molecule has 0 aliphatic carbocycles. The van der Waals surface area contributed by atoms with Crippen molar-refractivity contribution in [2.24, 2.45) is 0 Å². The zero-order valence-electron chi connectivity index (χ0n) is 81.8. The molecule has 0 saturated heterocycles. The van der Waals surface area contributed by atoms with Gasteiger partial charge in [0.1, 0.15) is 16.7 Å². The highest BCUT2D eigenvalue weighted by atomic mass is 32.1. The van der Waals surface area contributed by atoms with Gasteiger partial charge in [0, 0.05) is 69.6 Å². The highest BCUT2D eigenvalue weighted by Gasteiger charge is 2.29. The summed E-state index contributed by atoms with van der Waals surface area (Å²) in [6.07, 6.45) is 0. The molecule has 0 unspecified atom stereocenters. The van der Waals surface area contributed by atoms with Gasteiger partial charge in [0.15, 0.2) is 5.58 Å². The van der Waals surface area contributed by atoms with E-state index in [9.17, 15) is 0 Å². The number of para-hydroxylation sites is 3. The predicted molar refractivity (Wildman–Crippen MR) is 641 cm³/mol. The monoisotopic (exact) mass is 1930 g/mol. The second-order valence-corrected chi connectivity index (χ2v) is 39.7. The first-order valence-corrected chi connectivity index (χ1v) is 52.1. The number of anilines is 9. The summed E-state index contributed by atoms with van der Waals surface area (Å²) in [5.41, 5.74) is 27.9. The molecule has 0 aliphatic heterocycles. The molecule has 0 saturated carbocycles. The molecule has 0 atom stereocenters. The number of nitrogens with zero attached hydrogens (tertiary/aromatic N) is 3. The minimum Gasteiger partial charge on any atom is -0.456 e. The molecule has 0 radical (unpaired) electrons. The van der Waals surface area contributed by atoms with Gasteiger partial charge in [0.25, 0.3) is 0 Å². The van der Waals surface area contributed by atoms with Gasteiger partial charge in [-0.1, -0.05) is 461 Å². The summed E-state index contributed by atoms with van der Waals surface area (Å²) in [6, 6.07) is 204. The maximum atomic E-state index is 6.70. The molecule has 0 bridgehead atoms. The number of thiophene rings is 1. The van der Waals surface area contributed by atoms with E-state index in [0.29, 0.717) is 0 Å². The van der Waals surface area contributed by atoms with E-state index in [0.717, 1.165) is 94.8 Å². The lowest BCUT2D eigenvalue weighted by Crippen LogP contribution is -2.11. The molecule has 0 fully saturated rings. The number of hydrogen-bond donors (Lipinski definition) is 0. The molecule has 0 amide bonds. The lowest BCUT2D eigenvalue weighted by Gasteiger charge is -2.29. The third-order valence-electron chi connectivity index (χ3n) is 30.0. The number of furan rings is 2. The van der Waals surface area contributed by atoms with Gasteiger partial charge < -0.3 is 23.5 Å². The minimum atomic E-state index is 0.868. The zero-order chi connectivity index (χ0) is 99.1. The summed E-state index contributed by atoms with van der Waals surface area (Å²) in [5.74, 6) is 0. The Morgan fingerprint density at radius 3 is 0.840 bits per heavy atom. The van der Waals surface area contributed by atoms with E-state index in [2.05, 4.69) is 567 Å². The maximum Gasteiger partial charge on any atom is 0.159 e. The van der Waals surface area contributed by atoms with Gasteiger partial charge in [-0.3, -0.25) is 0 Å². The van der Waals surface area contributed by atoms with Crippen LogP contribution in [0.25, 0.3) is 228 Å². The second kappa shape index (κ2) is 37.6. The van der Waals surface area contributed by atoms with Gasteiger partial charge in [-0.25, -0.2) is 0 Å². The first kappa shape index (κ1) is 88.2. The van der Waals surface area contributed by atoms with Crippen LogP contribution in [0.3, 0.4) is 0 Å². The first-order valence-electron chi connectivity index (χ1n) is 51.3. The Kier molecular flexibility index (Phi) is 22.1. The first-order chi connectivity index (χ1) is 74.4. The zero-order valence-corrected chi connectivity index (χ0v) is 82.6. The van der Waals surface area contributed by atoms with Crippen molar-refractivity contribution in [1.29, 1.82) is 0 Å². The quantitative estimate of drug-likeness (QED) is 0.0956. The fourth-order valence-corrected chi connectivity index (χ4v) is 24.6. The lowest BCUT2D eigenvalue weighted by atomic mass is 9.91. The SMILES string of the molecule is c1ccc(-c2cccc3cccc(-c4cccc(N(c5cc6ccccc6c6ccccc56)c5cccc6c5oc5ccccc56)c4)c23)cc1.c1ccc(-c2cccc3cccc(-c4cccc(N(c5cc6ccccc6c6ccccc56)c5cccc6oc7ccccc7c56)c4)c23)cc1.c1ccc(-c2cccc3cccc(-c4cccc(N(c5cc6ccccc6c6ccccc56)c5cccc6sc7ccccc7c56)c4)c23)cc1. The van der Waals surface area contributed by atoms with E-state index in [1.54, 1.807) is 0 Å². The van der Waals surface area contributed by atoms with Gasteiger partial charge in [0.05, 0.1) is 39.5 Å². The van der Waals surface area contributed by atoms with Crippen molar-refractivity contribution < 1.29 is 8.83 Å². The molecule has 150 heavy (non-hydrogen) atoms. The average molecular weight is 1930 g/mol. The summed E-state index contributed by atoms with van der Waals surface area (Å²) < 4.78 is 15.7. The average Bonchev–Trinajstić information content (AvgIpc) is 1.43. The third-order valence-corrected chi connectivity index (χ3v) is 31.2. The van der Waals surface area contributed by atoms with Crippen molar-refractivity contribution in [2.75, 3.05) is 14.7 Å². The van der Waals surface area contributed by atoms with E-state index < -0.39 is 0 Å². The Hall–Kier alpha value is -19.5. The Labute approximate surface area is 871 Å². The standard InChI is InChI=1S/2C48H31NO.C48H31NS/c1-2-14-32(15-3-1)38-25-11-17-33-18-12-26-39(47(33)38)34-19-10-20-36(30-34)49(44-28-13-27-43-42-24-8-9-29-46(42)50-48(43)44)45-31-35-16-4-5-21-37(35)40-22-6-7-23-41(40)45;2*1-2-14-32(15-3-1)38-25-11-17-33-18-12-26-39(47(33)38)34-19-10-20-36(30-34)49(43-27-13-29-46-48(43)42-24-8-9-28-45(42)50-46)44-31-35-16-4-5-21-37(35)40-22-6-7-23-41(40)44/h3*1-31H. The Morgan fingerprint density at radius 2 is 0.413 bits per heavy atom. The van der Waals surface area contributed by atoms with Crippen molar-refractivity contribution in [3.63, 3.8) is 0 Å². The molecule has 30 aromatic rings. The molecule has 0 aliphatic rings. The van der Waals surface area contributed by atoms with Crippen molar-refractivity contribution in [1.82, 2.24) is 0 Å². The van der Waals surface area contributed by atoms with Crippen LogP contribution < -0.4 is 14.7 Å². The molecule has 0 N–H and O–H groups in total. The van der Waals surface area contributed by atoms with Crippen molar-refractivity contribution in [3.8, 4) is 66.8 Å². The van der Waals surface area contributed by atoms with Crippen molar-refractivity contribution >= 4 is 224 Å². The molecule has 6 heteroatoms. The highest BCUT2D eigenvalue weighted by Crippen LogP contribution is 2.55. The van der Waals surface area contributed by atoms with Crippen LogP contribution in [0.5, 0.6) is 0 Å². The van der Waals surface area contributed by atoms with Crippen LogP contribution in [0.4, 0.5) is 51.2 Å². The summed E-state index contributed by atoms with van der Waals surface area (Å²) in [7, 11) is 0. The molecular weight excluding hydrogens is 1840 g/mol. The van der Waals surface area contributed by atoms with E-state index >= 15 is 0 Å². The van der Waals surface area contributed by atoms with Gasteiger partial charge in [0.2, 0.25) is 0 Å². The van der Waals surface area contributed by atoms with E-state index in [4.69, 9.17) is 8.83 Å². The third kappa shape index (κ3) is 15.5. The van der Waals surface area contributed by atoms with Crippen molar-refractivity contribution in [2.45, 2.75) is 0 Å². The van der Waals surface area contributed by atoms with Crippen LogP contribution in [0.1, 0.15) is 0 Å². The van der Waals surface area contributed by atoms with Gasteiger partial charge in [-0.05, 0) is 251 Å². The lowest BCUT2D eigenvalue weighted by molar-refractivity contribution is 0.668. The predicted octanol–water partition coefficient (Wildman–Crippen LogP) is 42.0. The topological polar surface area (TPSA) is 36.0 Å². The fourth-order valence-electron chi connectivity index (χ4n) is 23.4. The van der Waals surface area contributed by atoms with E-state index in [1.165, 1.54) is 184 Å². The van der Waals surface area contributed by atoms with Crippen LogP contribution in [-0.4, -0.2) is 0 Å². The smallest absolute Gasteiger partial charge is 0.159 e. The number of fused-ring (bicyclic) bond motifs is 21. The normalized spacial score (nSPS) is 11.6. The Morgan fingerprint density at radius 1 is 0.140 bits per heavy atom. The van der Waals surface area contributed by atoms with Crippen LogP contribution in [0, 0.1) is 0 Å². The molecule has 5 nitrogen and oxygen atoms in total. The molecule has 3 heterocycles. The summed E-state index contributed by atoms with van der Waals surface area (Å²) in [6.45, 7) is 0. The van der Waals surface area contributed by atoms with Gasteiger partial charge >= 0.3 is 0 Å². The van der Waals surface area contributed by atoms with E-state index in [1.807, 2.05) is 23.5 Å². The number of benzene rings is 27. The summed E-state index contributed by atoms with van der Waals surface area (Å²) in [4.78, 5) is 7.33. The van der Waals surface area contributed by atoms with Crippen LogP contribution in [0.2, 0.25) is 0 Å². The van der Waals surface area contributed by atoms with Gasteiger partial charge in [-0.15, -0.1) is 11.3 Å². The Bertz CT molecular complexity index is 10100. The molecule has 27 aromatic carbocycles. The molecular formula is C144H93N3O2S. The maximum absolute atomic E-state index is 6.70. The highest BCUT2D eigenvalue weighted by molar-refractivity contribution is 7.26. The van der Waals surface area contributed by atoms with Crippen molar-refractivity contribution in [3.05, 3.63) is 564 Å². The molecule has 30 rings (SSSR count). The van der Waals surface area contributed by atoms with Crippen LogP contribution in [-0.2, 0) is 0 Å². The van der Waals surface area contributed by atoms with Crippen LogP contribution >= 0.6 is 11.3 Å². The van der Waals surface area contributed by atoms with Crippen LogP contribution in [0.15, 0.2) is 573 Å². The van der Waals surface area contributed by atoms with E-state index in [-0.39, 0.29) is 0 Å². The summed E-state index contributed by atoms with van der Waals surface area (Å²) in [5, 5.41) is 29.1. The molecule has 3 aromatic heterocycles.